The molecule has 0 aromatic rings. The van der Waals surface area contributed by atoms with E-state index in [4.69, 9.17) is 5.73 Å². The minimum Gasteiger partial charge on any atom is -0.349 e. The molecule has 0 spiro atoms. The van der Waals surface area contributed by atoms with Gasteiger partial charge in [-0.2, -0.15) is 0 Å². The van der Waals surface area contributed by atoms with E-state index in [0.717, 1.165) is 37.1 Å². The number of likely N-dealkylation sites (tertiary alicyclic amines) is 2. The third kappa shape index (κ3) is 4.92. The minimum atomic E-state index is -2.89. The zero-order chi connectivity index (χ0) is 22.1. The standard InChI is InChI=1S/C21H34F2N4O3/c1-25(2)19(29)17(18(24)20(30)26-12-10-21(22,23)13-26)14-6-8-15(9-7-14)27-11-4-3-5-16(27)28/h14-15,17-18H,3-13,24H2,1-2H3/t14?,15?,17-,18?/m0/s1. The summed E-state index contributed by atoms with van der Waals surface area (Å²) in [6.07, 6.45) is 5.12. The smallest absolute Gasteiger partial charge is 0.267 e. The molecule has 2 heterocycles. The van der Waals surface area contributed by atoms with Gasteiger partial charge in [-0.15, -0.1) is 0 Å². The molecule has 2 N–H and O–H groups in total. The summed E-state index contributed by atoms with van der Waals surface area (Å²) < 4.78 is 27.1. The lowest BCUT2D eigenvalue weighted by molar-refractivity contribution is -0.144. The molecule has 0 radical (unpaired) electrons. The predicted molar refractivity (Wildman–Crippen MR) is 108 cm³/mol. The van der Waals surface area contributed by atoms with Crippen LogP contribution in [0, 0.1) is 11.8 Å². The number of nitrogens with zero attached hydrogens (tertiary/aromatic N) is 3. The lowest BCUT2D eigenvalue weighted by Crippen LogP contribution is -2.55. The number of amides is 3. The van der Waals surface area contributed by atoms with Crippen molar-refractivity contribution in [1.29, 1.82) is 0 Å². The fourth-order valence-corrected chi connectivity index (χ4v) is 5.22. The number of alkyl halides is 2. The number of rotatable bonds is 5. The van der Waals surface area contributed by atoms with Crippen LogP contribution >= 0.6 is 0 Å². The molecule has 3 amide bonds. The molecule has 9 heteroatoms. The monoisotopic (exact) mass is 428 g/mol. The largest absolute Gasteiger partial charge is 0.349 e. The van der Waals surface area contributed by atoms with Crippen LogP contribution in [-0.4, -0.2) is 84.2 Å². The molecule has 3 rings (SSSR count). The molecule has 2 aliphatic heterocycles. The molecule has 1 saturated carbocycles. The van der Waals surface area contributed by atoms with E-state index in [1.54, 1.807) is 14.1 Å². The first-order valence-corrected chi connectivity index (χ1v) is 11.0. The first-order chi connectivity index (χ1) is 14.1. The Morgan fingerprint density at radius 2 is 1.80 bits per heavy atom. The molecule has 0 bridgehead atoms. The maximum absolute atomic E-state index is 13.6. The zero-order valence-corrected chi connectivity index (χ0v) is 18.0. The van der Waals surface area contributed by atoms with Crippen LogP contribution in [0.3, 0.4) is 0 Å². The predicted octanol–water partition coefficient (Wildman–Crippen LogP) is 1.46. The topological polar surface area (TPSA) is 87.0 Å². The molecule has 7 nitrogen and oxygen atoms in total. The Morgan fingerprint density at radius 1 is 1.13 bits per heavy atom. The van der Waals surface area contributed by atoms with Gasteiger partial charge in [-0.25, -0.2) is 8.78 Å². The molecule has 3 fully saturated rings. The molecule has 2 atom stereocenters. The van der Waals surface area contributed by atoms with Crippen LogP contribution < -0.4 is 5.73 Å². The number of nitrogens with two attached hydrogens (primary N) is 1. The van der Waals surface area contributed by atoms with Crippen molar-refractivity contribution in [2.75, 3.05) is 33.7 Å². The molecule has 2 saturated heterocycles. The van der Waals surface area contributed by atoms with Crippen LogP contribution in [0.1, 0.15) is 51.4 Å². The van der Waals surface area contributed by atoms with Gasteiger partial charge in [-0.1, -0.05) is 0 Å². The lowest BCUT2D eigenvalue weighted by atomic mass is 9.74. The second-order valence-electron chi connectivity index (χ2n) is 9.26. The van der Waals surface area contributed by atoms with Crippen molar-refractivity contribution in [1.82, 2.24) is 14.7 Å². The SMILES string of the molecule is CN(C)C(=O)[C@@H](C1CCC(N2CCCCC2=O)CC1)C(N)C(=O)N1CCC(F)(F)C1. The molecule has 0 aromatic carbocycles. The van der Waals surface area contributed by atoms with Crippen LogP contribution in [0.2, 0.25) is 0 Å². The van der Waals surface area contributed by atoms with Crippen LogP contribution in [-0.2, 0) is 14.4 Å². The number of piperidine rings is 1. The van der Waals surface area contributed by atoms with E-state index in [1.165, 1.54) is 4.90 Å². The summed E-state index contributed by atoms with van der Waals surface area (Å²) in [5.74, 6) is -4.33. The van der Waals surface area contributed by atoms with Crippen molar-refractivity contribution in [3.05, 3.63) is 0 Å². The summed E-state index contributed by atoms with van der Waals surface area (Å²) in [4.78, 5) is 42.5. The van der Waals surface area contributed by atoms with E-state index < -0.39 is 30.3 Å². The van der Waals surface area contributed by atoms with Crippen LogP contribution in [0.4, 0.5) is 8.78 Å². The normalized spacial score (nSPS) is 28.9. The summed E-state index contributed by atoms with van der Waals surface area (Å²) in [6.45, 7) is 0.119. The third-order valence-electron chi connectivity index (χ3n) is 6.93. The Balaban J connectivity index is 1.68. The van der Waals surface area contributed by atoms with Gasteiger partial charge in [0.1, 0.15) is 0 Å². The Labute approximate surface area is 176 Å². The summed E-state index contributed by atoms with van der Waals surface area (Å²) in [6, 6.07) is -0.958. The van der Waals surface area contributed by atoms with Gasteiger partial charge in [0.25, 0.3) is 5.92 Å². The number of carbonyl (C=O) groups is 3. The molecule has 170 valence electrons. The maximum Gasteiger partial charge on any atom is 0.267 e. The number of hydrogen-bond acceptors (Lipinski definition) is 4. The van der Waals surface area contributed by atoms with E-state index >= 15 is 0 Å². The molecule has 1 aliphatic carbocycles. The highest BCUT2D eigenvalue weighted by atomic mass is 19.3. The Morgan fingerprint density at radius 3 is 2.33 bits per heavy atom. The molecule has 3 aliphatic rings. The van der Waals surface area contributed by atoms with Gasteiger partial charge in [-0.3, -0.25) is 14.4 Å². The summed E-state index contributed by atoms with van der Waals surface area (Å²) in [7, 11) is 3.24. The number of carbonyl (C=O) groups excluding carboxylic acids is 3. The van der Waals surface area contributed by atoms with E-state index in [9.17, 15) is 23.2 Å². The second-order valence-corrected chi connectivity index (χ2v) is 9.26. The quantitative estimate of drug-likeness (QED) is 0.718. The summed E-state index contributed by atoms with van der Waals surface area (Å²) >= 11 is 0. The highest BCUT2D eigenvalue weighted by Gasteiger charge is 2.46. The van der Waals surface area contributed by atoms with Crippen molar-refractivity contribution >= 4 is 17.7 Å². The van der Waals surface area contributed by atoms with Gasteiger partial charge in [0.2, 0.25) is 17.7 Å². The molecule has 30 heavy (non-hydrogen) atoms. The van der Waals surface area contributed by atoms with Gasteiger partial charge in [0.05, 0.1) is 18.5 Å². The van der Waals surface area contributed by atoms with Crippen molar-refractivity contribution in [3.63, 3.8) is 0 Å². The van der Waals surface area contributed by atoms with Crippen molar-refractivity contribution in [3.8, 4) is 0 Å². The molecular weight excluding hydrogens is 394 g/mol. The molecule has 1 unspecified atom stereocenters. The molecule has 0 aromatic heterocycles. The Bertz CT molecular complexity index is 665. The van der Waals surface area contributed by atoms with Crippen LogP contribution in [0.5, 0.6) is 0 Å². The first-order valence-electron chi connectivity index (χ1n) is 11.0. The summed E-state index contributed by atoms with van der Waals surface area (Å²) in [5, 5.41) is 0. The van der Waals surface area contributed by atoms with Gasteiger partial charge in [0.15, 0.2) is 0 Å². The zero-order valence-electron chi connectivity index (χ0n) is 18.0. The fraction of sp³-hybridized carbons (Fsp3) is 0.857. The van der Waals surface area contributed by atoms with Gasteiger partial charge in [0, 0.05) is 46.1 Å². The van der Waals surface area contributed by atoms with E-state index in [0.29, 0.717) is 19.3 Å². The average Bonchev–Trinajstić information content (AvgIpc) is 3.08. The highest BCUT2D eigenvalue weighted by Crippen LogP contribution is 2.36. The number of halogens is 2. The van der Waals surface area contributed by atoms with Crippen molar-refractivity contribution in [2.24, 2.45) is 17.6 Å². The average molecular weight is 429 g/mol. The van der Waals surface area contributed by atoms with E-state index in [-0.39, 0.29) is 36.7 Å². The van der Waals surface area contributed by atoms with Gasteiger partial charge < -0.3 is 20.4 Å². The Kier molecular flexibility index (Phi) is 6.99. The van der Waals surface area contributed by atoms with Crippen molar-refractivity contribution in [2.45, 2.75) is 69.4 Å². The van der Waals surface area contributed by atoms with Crippen molar-refractivity contribution < 1.29 is 23.2 Å². The minimum absolute atomic E-state index is 0.0355. The highest BCUT2D eigenvalue weighted by molar-refractivity contribution is 5.90. The maximum atomic E-state index is 13.6. The second kappa shape index (κ2) is 9.16. The first kappa shape index (κ1) is 22.9. The lowest BCUT2D eigenvalue weighted by Gasteiger charge is -2.41. The third-order valence-corrected chi connectivity index (χ3v) is 6.93. The summed E-state index contributed by atoms with van der Waals surface area (Å²) in [5.41, 5.74) is 6.25. The van der Waals surface area contributed by atoms with Gasteiger partial charge >= 0.3 is 0 Å². The van der Waals surface area contributed by atoms with E-state index in [2.05, 4.69) is 0 Å². The fourth-order valence-electron chi connectivity index (χ4n) is 5.22. The molecular formula is C21H34F2N4O3. The Hall–Kier alpha value is -1.77. The van der Waals surface area contributed by atoms with Crippen LogP contribution in [0.25, 0.3) is 0 Å². The number of hydrogen-bond donors (Lipinski definition) is 1. The van der Waals surface area contributed by atoms with Gasteiger partial charge in [-0.05, 0) is 44.4 Å². The van der Waals surface area contributed by atoms with E-state index in [1.807, 2.05) is 4.90 Å². The van der Waals surface area contributed by atoms with Crippen LogP contribution in [0.15, 0.2) is 0 Å².